The summed E-state index contributed by atoms with van der Waals surface area (Å²) in [6.45, 7) is 2.41. The van der Waals surface area contributed by atoms with Crippen LogP contribution in [0.1, 0.15) is 12.8 Å². The quantitative estimate of drug-likeness (QED) is 0.342. The Morgan fingerprint density at radius 2 is 2.11 bits per heavy atom. The number of hydrogen-bond donors (Lipinski definition) is 2. The number of non-ortho nitro benzene ring substituents is 1. The summed E-state index contributed by atoms with van der Waals surface area (Å²) in [7, 11) is 1.71. The zero-order valence-corrected chi connectivity index (χ0v) is 15.9. The van der Waals surface area contributed by atoms with E-state index in [0.29, 0.717) is 45.6 Å². The minimum Gasteiger partial charge on any atom is -0.480 e. The molecule has 0 radical (unpaired) electrons. The lowest BCUT2D eigenvalue weighted by Gasteiger charge is -2.34. The van der Waals surface area contributed by atoms with E-state index in [4.69, 9.17) is 9.84 Å². The van der Waals surface area contributed by atoms with Crippen molar-refractivity contribution < 1.29 is 24.4 Å². The first-order valence-corrected chi connectivity index (χ1v) is 9.13. The highest BCUT2D eigenvalue weighted by molar-refractivity contribution is 5.76. The van der Waals surface area contributed by atoms with E-state index in [0.717, 1.165) is 5.69 Å². The van der Waals surface area contributed by atoms with E-state index in [1.165, 1.54) is 12.1 Å². The van der Waals surface area contributed by atoms with Gasteiger partial charge < -0.3 is 20.1 Å². The van der Waals surface area contributed by atoms with Gasteiger partial charge in [-0.05, 0) is 25.6 Å². The first-order valence-electron chi connectivity index (χ1n) is 9.13. The van der Waals surface area contributed by atoms with Crippen LogP contribution in [0.3, 0.4) is 0 Å². The van der Waals surface area contributed by atoms with Crippen LogP contribution in [0.2, 0.25) is 0 Å². The Morgan fingerprint density at radius 1 is 1.39 bits per heavy atom. The standard InChI is InChI=1S/C18H26N4O6/c1-20(13-18(24)25)11-16-12-21(9-10-28-16)17(23)3-2-8-19-14-4-6-15(7-5-14)22(26)27/h4-7,16,19H,2-3,8-13H2,1H3,(H,24,25). The second kappa shape index (κ2) is 10.6. The van der Waals surface area contributed by atoms with E-state index in [1.807, 2.05) is 0 Å². The molecule has 0 spiro atoms. The second-order valence-electron chi connectivity index (χ2n) is 6.76. The van der Waals surface area contributed by atoms with Crippen molar-refractivity contribution in [3.05, 3.63) is 34.4 Å². The molecule has 1 aliphatic rings. The number of amides is 1. The van der Waals surface area contributed by atoms with Gasteiger partial charge in [0.05, 0.1) is 24.2 Å². The van der Waals surface area contributed by atoms with E-state index in [1.54, 1.807) is 29.0 Å². The molecule has 1 aromatic rings. The van der Waals surface area contributed by atoms with Gasteiger partial charge in [-0.25, -0.2) is 0 Å². The zero-order chi connectivity index (χ0) is 20.5. The van der Waals surface area contributed by atoms with E-state index in [9.17, 15) is 19.7 Å². The van der Waals surface area contributed by atoms with Crippen molar-refractivity contribution in [2.24, 2.45) is 0 Å². The van der Waals surface area contributed by atoms with Crippen LogP contribution in [0.25, 0.3) is 0 Å². The highest BCUT2D eigenvalue weighted by Crippen LogP contribution is 2.15. The number of aliphatic carboxylic acids is 1. The second-order valence-corrected chi connectivity index (χ2v) is 6.76. The maximum atomic E-state index is 12.4. The molecule has 1 saturated heterocycles. The van der Waals surface area contributed by atoms with Crippen LogP contribution in [0.4, 0.5) is 11.4 Å². The van der Waals surface area contributed by atoms with Gasteiger partial charge in [0.25, 0.3) is 5.69 Å². The van der Waals surface area contributed by atoms with Crippen molar-refractivity contribution in [2.45, 2.75) is 18.9 Å². The number of benzene rings is 1. The Labute approximate surface area is 163 Å². The number of morpholine rings is 1. The lowest BCUT2D eigenvalue weighted by atomic mass is 10.2. The maximum Gasteiger partial charge on any atom is 0.317 e. The Hall–Kier alpha value is -2.72. The Balaban J connectivity index is 1.69. The molecule has 1 fully saturated rings. The molecule has 0 aromatic heterocycles. The molecule has 0 saturated carbocycles. The molecule has 1 heterocycles. The number of ether oxygens (including phenoxy) is 1. The maximum absolute atomic E-state index is 12.4. The monoisotopic (exact) mass is 394 g/mol. The van der Waals surface area contributed by atoms with Crippen molar-refractivity contribution in [3.8, 4) is 0 Å². The number of hydrogen-bond acceptors (Lipinski definition) is 7. The van der Waals surface area contributed by atoms with Gasteiger partial charge in [-0.15, -0.1) is 0 Å². The Kier molecular flexibility index (Phi) is 8.15. The minimum atomic E-state index is -0.897. The van der Waals surface area contributed by atoms with Crippen LogP contribution < -0.4 is 5.32 Å². The van der Waals surface area contributed by atoms with E-state index < -0.39 is 10.9 Å². The average Bonchev–Trinajstić information content (AvgIpc) is 2.65. The number of nitrogens with one attached hydrogen (secondary N) is 1. The molecular formula is C18H26N4O6. The number of carboxylic acids is 1. The summed E-state index contributed by atoms with van der Waals surface area (Å²) in [6.07, 6.45) is 0.828. The van der Waals surface area contributed by atoms with Crippen molar-refractivity contribution in [1.29, 1.82) is 0 Å². The number of likely N-dealkylation sites (N-methyl/N-ethyl adjacent to an activating group) is 1. The highest BCUT2D eigenvalue weighted by Gasteiger charge is 2.25. The van der Waals surface area contributed by atoms with Crippen LogP contribution in [0, 0.1) is 10.1 Å². The van der Waals surface area contributed by atoms with E-state index in [-0.39, 0.29) is 24.2 Å². The predicted molar refractivity (Wildman–Crippen MR) is 102 cm³/mol. The molecule has 0 aliphatic carbocycles. The summed E-state index contributed by atoms with van der Waals surface area (Å²) < 4.78 is 5.63. The number of carbonyl (C=O) groups is 2. The van der Waals surface area contributed by atoms with Crippen LogP contribution in [-0.4, -0.2) is 84.2 Å². The smallest absolute Gasteiger partial charge is 0.317 e. The third-order valence-electron chi connectivity index (χ3n) is 4.39. The first-order chi connectivity index (χ1) is 13.3. The molecule has 154 valence electrons. The number of anilines is 1. The lowest BCUT2D eigenvalue weighted by molar-refractivity contribution is -0.384. The van der Waals surface area contributed by atoms with Crippen molar-refractivity contribution in [2.75, 3.05) is 51.7 Å². The Bertz CT molecular complexity index is 681. The SMILES string of the molecule is CN(CC(=O)O)CC1CN(C(=O)CCCNc2ccc([N+](=O)[O-])cc2)CCO1. The molecule has 28 heavy (non-hydrogen) atoms. The minimum absolute atomic E-state index is 0.0385. The highest BCUT2D eigenvalue weighted by atomic mass is 16.6. The fourth-order valence-electron chi connectivity index (χ4n) is 3.03. The van der Waals surface area contributed by atoms with E-state index in [2.05, 4.69) is 5.32 Å². The molecular weight excluding hydrogens is 368 g/mol. The summed E-state index contributed by atoms with van der Waals surface area (Å²) in [5.74, 6) is -0.855. The zero-order valence-electron chi connectivity index (χ0n) is 15.9. The normalized spacial score (nSPS) is 16.8. The molecule has 1 unspecified atom stereocenters. The molecule has 1 amide bonds. The van der Waals surface area contributed by atoms with Crippen LogP contribution in [0.5, 0.6) is 0 Å². The Morgan fingerprint density at radius 3 is 2.75 bits per heavy atom. The van der Waals surface area contributed by atoms with Gasteiger partial charge in [-0.3, -0.25) is 24.6 Å². The number of carboxylic acid groups (broad SMARTS) is 1. The van der Waals surface area contributed by atoms with Gasteiger partial charge in [0.15, 0.2) is 0 Å². The van der Waals surface area contributed by atoms with E-state index >= 15 is 0 Å². The molecule has 0 bridgehead atoms. The summed E-state index contributed by atoms with van der Waals surface area (Å²) in [4.78, 5) is 36.7. The van der Waals surface area contributed by atoms with Gasteiger partial charge in [0.1, 0.15) is 0 Å². The molecule has 1 aliphatic heterocycles. The molecule has 10 heteroatoms. The van der Waals surface area contributed by atoms with Gasteiger partial charge in [-0.1, -0.05) is 0 Å². The van der Waals surface area contributed by atoms with Gasteiger partial charge in [-0.2, -0.15) is 0 Å². The molecule has 1 aromatic carbocycles. The summed E-state index contributed by atoms with van der Waals surface area (Å²) in [5, 5.41) is 22.6. The van der Waals surface area contributed by atoms with Gasteiger partial charge in [0, 0.05) is 50.4 Å². The molecule has 1 atom stereocenters. The summed E-state index contributed by atoms with van der Waals surface area (Å²) in [6, 6.07) is 6.14. The van der Waals surface area contributed by atoms with Crippen molar-refractivity contribution in [3.63, 3.8) is 0 Å². The number of carbonyl (C=O) groups excluding carboxylic acids is 1. The molecule has 2 rings (SSSR count). The number of rotatable bonds is 10. The van der Waals surface area contributed by atoms with Crippen LogP contribution >= 0.6 is 0 Å². The third kappa shape index (κ3) is 7.12. The predicted octanol–water partition coefficient (Wildman–Crippen LogP) is 1.03. The summed E-state index contributed by atoms with van der Waals surface area (Å²) >= 11 is 0. The average molecular weight is 394 g/mol. The fourth-order valence-corrected chi connectivity index (χ4v) is 3.03. The number of nitro benzene ring substituents is 1. The van der Waals surface area contributed by atoms with Crippen LogP contribution in [-0.2, 0) is 14.3 Å². The number of nitrogens with zero attached hydrogens (tertiary/aromatic N) is 3. The molecule has 2 N–H and O–H groups in total. The van der Waals surface area contributed by atoms with Gasteiger partial charge in [0.2, 0.25) is 5.91 Å². The fraction of sp³-hybridized carbons (Fsp3) is 0.556. The largest absolute Gasteiger partial charge is 0.480 e. The number of nitro groups is 1. The lowest BCUT2D eigenvalue weighted by Crippen LogP contribution is -2.49. The first kappa shape index (κ1) is 21.6. The third-order valence-corrected chi connectivity index (χ3v) is 4.39. The summed E-state index contributed by atoms with van der Waals surface area (Å²) in [5.41, 5.74) is 0.808. The molecule has 10 nitrogen and oxygen atoms in total. The van der Waals surface area contributed by atoms with Crippen molar-refractivity contribution in [1.82, 2.24) is 9.80 Å². The van der Waals surface area contributed by atoms with Crippen LogP contribution in [0.15, 0.2) is 24.3 Å². The van der Waals surface area contributed by atoms with Crippen molar-refractivity contribution >= 4 is 23.3 Å². The van der Waals surface area contributed by atoms with Gasteiger partial charge >= 0.3 is 5.97 Å². The topological polar surface area (TPSA) is 125 Å².